The number of ether oxygens (including phenoxy) is 1. The van der Waals surface area contributed by atoms with Gasteiger partial charge in [0.05, 0.1) is 16.5 Å². The molecule has 1 saturated carbocycles. The molecule has 8 heteroatoms. The zero-order valence-corrected chi connectivity index (χ0v) is 18.0. The molecule has 2 aliphatic heterocycles. The number of hydrogen-bond acceptors (Lipinski definition) is 5. The molecular formula is C20H30BNO5S. The summed E-state index contributed by atoms with van der Waals surface area (Å²) in [5, 5.41) is -0.132. The van der Waals surface area contributed by atoms with Crippen LogP contribution in [0, 0.1) is 0 Å². The van der Waals surface area contributed by atoms with Crippen LogP contribution in [0.3, 0.4) is 0 Å². The van der Waals surface area contributed by atoms with Crippen LogP contribution in [0.5, 0.6) is 5.75 Å². The van der Waals surface area contributed by atoms with E-state index >= 15 is 0 Å². The fourth-order valence-electron chi connectivity index (χ4n) is 3.66. The number of sulfonamides is 1. The van der Waals surface area contributed by atoms with Crippen LogP contribution in [0.2, 0.25) is 0 Å². The molecule has 154 valence electrons. The topological polar surface area (TPSA) is 65.1 Å². The maximum Gasteiger partial charge on any atom is 0.494 e. The van der Waals surface area contributed by atoms with E-state index in [9.17, 15) is 8.42 Å². The molecule has 1 aliphatic carbocycles. The molecule has 0 spiro atoms. The summed E-state index contributed by atoms with van der Waals surface area (Å²) in [6.45, 7) is 9.27. The van der Waals surface area contributed by atoms with Crippen molar-refractivity contribution in [3.8, 4) is 5.75 Å². The van der Waals surface area contributed by atoms with Crippen molar-refractivity contribution in [1.82, 2.24) is 4.31 Å². The van der Waals surface area contributed by atoms with E-state index < -0.39 is 10.0 Å². The quantitative estimate of drug-likeness (QED) is 0.701. The summed E-state index contributed by atoms with van der Waals surface area (Å²) in [6, 6.07) is 7.83. The Hall–Kier alpha value is -1.09. The largest absolute Gasteiger partial charge is 0.494 e. The van der Waals surface area contributed by atoms with E-state index in [1.165, 1.54) is 0 Å². The summed E-state index contributed by atoms with van der Waals surface area (Å²) in [5.74, 6) is 0.795. The summed E-state index contributed by atoms with van der Waals surface area (Å²) < 4.78 is 44.6. The molecule has 0 atom stereocenters. The molecule has 0 unspecified atom stereocenters. The molecule has 3 fully saturated rings. The first-order valence-electron chi connectivity index (χ1n) is 10.2. The van der Waals surface area contributed by atoms with Gasteiger partial charge in [0, 0.05) is 13.1 Å². The average molecular weight is 407 g/mol. The van der Waals surface area contributed by atoms with E-state index in [2.05, 4.69) is 0 Å². The lowest BCUT2D eigenvalue weighted by atomic mass is 9.79. The maximum atomic E-state index is 12.3. The van der Waals surface area contributed by atoms with Crippen LogP contribution < -0.4 is 10.2 Å². The number of hydrogen-bond donors (Lipinski definition) is 0. The Kier molecular flexibility index (Phi) is 5.05. The first-order valence-corrected chi connectivity index (χ1v) is 11.7. The van der Waals surface area contributed by atoms with Gasteiger partial charge in [-0.25, -0.2) is 12.7 Å². The second kappa shape index (κ2) is 7.01. The van der Waals surface area contributed by atoms with Crippen molar-refractivity contribution < 1.29 is 22.5 Å². The Balaban J connectivity index is 1.32. The Morgan fingerprint density at radius 3 is 2.00 bits per heavy atom. The smallest absolute Gasteiger partial charge is 0.490 e. The van der Waals surface area contributed by atoms with Crippen LogP contribution in [0.1, 0.15) is 53.4 Å². The van der Waals surface area contributed by atoms with E-state index in [-0.39, 0.29) is 29.7 Å². The highest BCUT2D eigenvalue weighted by molar-refractivity contribution is 7.90. The van der Waals surface area contributed by atoms with Crippen LogP contribution in [0.15, 0.2) is 24.3 Å². The van der Waals surface area contributed by atoms with Gasteiger partial charge in [-0.05, 0) is 71.0 Å². The maximum absolute atomic E-state index is 12.3. The summed E-state index contributed by atoms with van der Waals surface area (Å²) in [5.41, 5.74) is 0.250. The van der Waals surface area contributed by atoms with E-state index in [0.717, 1.165) is 36.9 Å². The molecule has 1 aromatic carbocycles. The molecule has 2 heterocycles. The van der Waals surface area contributed by atoms with Crippen molar-refractivity contribution in [2.45, 2.75) is 75.9 Å². The molecule has 0 radical (unpaired) electrons. The molecule has 6 nitrogen and oxygen atoms in total. The minimum absolute atomic E-state index is 0.0494. The minimum atomic E-state index is -3.07. The highest BCUT2D eigenvalue weighted by Crippen LogP contribution is 2.36. The van der Waals surface area contributed by atoms with Crippen LogP contribution in [-0.4, -0.2) is 55.5 Å². The van der Waals surface area contributed by atoms with Gasteiger partial charge in [0.1, 0.15) is 11.9 Å². The lowest BCUT2D eigenvalue weighted by Gasteiger charge is -2.32. The minimum Gasteiger partial charge on any atom is -0.490 e. The van der Waals surface area contributed by atoms with Gasteiger partial charge in [0.25, 0.3) is 0 Å². The van der Waals surface area contributed by atoms with Gasteiger partial charge in [-0.3, -0.25) is 0 Å². The van der Waals surface area contributed by atoms with Gasteiger partial charge in [-0.1, -0.05) is 12.1 Å². The number of rotatable bonds is 5. The summed E-state index contributed by atoms with van der Waals surface area (Å²) >= 11 is 0. The number of piperidine rings is 1. The molecule has 28 heavy (non-hydrogen) atoms. The molecule has 3 aliphatic rings. The Morgan fingerprint density at radius 1 is 0.964 bits per heavy atom. The fourth-order valence-corrected chi connectivity index (χ4v) is 5.53. The summed E-state index contributed by atoms with van der Waals surface area (Å²) in [7, 11) is -3.45. The number of nitrogens with zero attached hydrogens (tertiary/aromatic N) is 1. The van der Waals surface area contributed by atoms with E-state index in [1.54, 1.807) is 4.31 Å². The SMILES string of the molecule is CC1(C)OB(c2ccc(OC3CCN(S(=O)(=O)C4CC4)CC3)cc2)OC1(C)C. The monoisotopic (exact) mass is 407 g/mol. The Bertz CT molecular complexity index is 796. The second-order valence-corrected chi connectivity index (χ2v) is 11.3. The van der Waals surface area contributed by atoms with Gasteiger partial charge in [-0.15, -0.1) is 0 Å². The van der Waals surface area contributed by atoms with Crippen molar-refractivity contribution >= 4 is 22.6 Å². The molecule has 2 saturated heterocycles. The normalized spacial score (nSPS) is 25.8. The highest BCUT2D eigenvalue weighted by Gasteiger charge is 2.51. The first kappa shape index (κ1) is 20.2. The lowest BCUT2D eigenvalue weighted by Crippen LogP contribution is -2.43. The van der Waals surface area contributed by atoms with Crippen LogP contribution in [-0.2, 0) is 19.3 Å². The second-order valence-electron chi connectivity index (χ2n) is 9.12. The summed E-state index contributed by atoms with van der Waals surface area (Å²) in [4.78, 5) is 0. The molecular weight excluding hydrogens is 377 g/mol. The average Bonchev–Trinajstić information content (AvgIpc) is 3.44. The molecule has 0 aromatic heterocycles. The predicted molar refractivity (Wildman–Crippen MR) is 109 cm³/mol. The zero-order valence-electron chi connectivity index (χ0n) is 17.2. The van der Waals surface area contributed by atoms with Crippen LogP contribution in [0.25, 0.3) is 0 Å². The van der Waals surface area contributed by atoms with Crippen molar-refractivity contribution in [3.63, 3.8) is 0 Å². The van der Waals surface area contributed by atoms with Gasteiger partial charge in [0.15, 0.2) is 0 Å². The van der Waals surface area contributed by atoms with Gasteiger partial charge in [0.2, 0.25) is 10.0 Å². The van der Waals surface area contributed by atoms with Gasteiger partial charge >= 0.3 is 7.12 Å². The van der Waals surface area contributed by atoms with Crippen LogP contribution >= 0.6 is 0 Å². The van der Waals surface area contributed by atoms with Crippen LogP contribution in [0.4, 0.5) is 0 Å². The highest BCUT2D eigenvalue weighted by atomic mass is 32.2. The molecule has 4 rings (SSSR count). The molecule has 0 N–H and O–H groups in total. The van der Waals surface area contributed by atoms with Crippen molar-refractivity contribution in [2.75, 3.05) is 13.1 Å². The standard InChI is InChI=1S/C20H30BNO5S/c1-19(2)20(3,4)27-21(26-19)15-5-7-16(8-6-15)25-17-11-13-22(14-12-17)28(23,24)18-9-10-18/h5-8,17-18H,9-14H2,1-4H3. The van der Waals surface area contributed by atoms with Crippen molar-refractivity contribution in [3.05, 3.63) is 24.3 Å². The van der Waals surface area contributed by atoms with E-state index in [0.29, 0.717) is 13.1 Å². The van der Waals surface area contributed by atoms with Crippen molar-refractivity contribution in [2.24, 2.45) is 0 Å². The number of benzene rings is 1. The molecule has 0 bridgehead atoms. The Labute approximate surface area is 168 Å². The van der Waals surface area contributed by atoms with Crippen molar-refractivity contribution in [1.29, 1.82) is 0 Å². The van der Waals surface area contributed by atoms with Gasteiger partial charge in [-0.2, -0.15) is 0 Å². The third-order valence-corrected chi connectivity index (χ3v) is 8.81. The first-order chi connectivity index (χ1) is 13.1. The van der Waals surface area contributed by atoms with E-state index in [1.807, 2.05) is 52.0 Å². The van der Waals surface area contributed by atoms with E-state index in [4.69, 9.17) is 14.0 Å². The summed E-state index contributed by atoms with van der Waals surface area (Å²) in [6.07, 6.45) is 3.13. The predicted octanol–water partition coefficient (Wildman–Crippen LogP) is 2.32. The lowest BCUT2D eigenvalue weighted by molar-refractivity contribution is 0.00578. The third kappa shape index (κ3) is 3.84. The zero-order chi connectivity index (χ0) is 20.2. The Morgan fingerprint density at radius 2 is 1.50 bits per heavy atom. The van der Waals surface area contributed by atoms with Gasteiger partial charge < -0.3 is 14.0 Å². The third-order valence-electron chi connectivity index (χ3n) is 6.41. The molecule has 1 aromatic rings. The molecule has 0 amide bonds. The fraction of sp³-hybridized carbons (Fsp3) is 0.700.